The van der Waals surface area contributed by atoms with Crippen molar-refractivity contribution in [3.05, 3.63) is 0 Å². The van der Waals surface area contributed by atoms with Crippen molar-refractivity contribution < 1.29 is 9.53 Å². The minimum absolute atomic E-state index is 0.0502. The first-order chi connectivity index (χ1) is 7.20. The molecule has 1 aliphatic rings. The Morgan fingerprint density at radius 1 is 1.73 bits per heavy atom. The number of rotatable bonds is 4. The Labute approximate surface area is 90.0 Å². The normalized spacial score (nSPS) is 27.1. The molecule has 0 aromatic carbocycles. The van der Waals surface area contributed by atoms with Gasteiger partial charge in [0.05, 0.1) is 19.1 Å². The molecule has 1 N–H and O–H groups in total. The van der Waals surface area contributed by atoms with Crippen molar-refractivity contribution in [2.24, 2.45) is 0 Å². The molecule has 0 aliphatic carbocycles. The molecule has 1 saturated heterocycles. The number of ether oxygens (including phenoxy) is 1. The van der Waals surface area contributed by atoms with Crippen molar-refractivity contribution in [3.8, 4) is 6.07 Å². The van der Waals surface area contributed by atoms with E-state index in [1.54, 1.807) is 7.11 Å². The lowest BCUT2D eigenvalue weighted by atomic mass is 10.1. The number of hydrogen-bond donors (Lipinski definition) is 1. The van der Waals surface area contributed by atoms with E-state index in [4.69, 9.17) is 10.00 Å². The average Bonchev–Trinajstić information content (AvgIpc) is 2.23. The highest BCUT2D eigenvalue weighted by molar-refractivity contribution is 5.82. The standard InChI is InChI=1S/C10H17N3O2/c1-8-7-12-10(14)9(3-4-11)13(8)5-6-15-2/h8-9H,3,5-7H2,1-2H3,(H,12,14). The number of carbonyl (C=O) groups is 1. The Hall–Kier alpha value is -1.12. The van der Waals surface area contributed by atoms with Crippen molar-refractivity contribution in [1.82, 2.24) is 10.2 Å². The summed E-state index contributed by atoms with van der Waals surface area (Å²) < 4.78 is 5.00. The highest BCUT2D eigenvalue weighted by atomic mass is 16.5. The van der Waals surface area contributed by atoms with Crippen LogP contribution in [0.4, 0.5) is 0 Å². The second-order valence-corrected chi connectivity index (χ2v) is 3.70. The maximum atomic E-state index is 11.6. The third-order valence-corrected chi connectivity index (χ3v) is 2.68. The summed E-state index contributed by atoms with van der Waals surface area (Å²) in [4.78, 5) is 13.6. The predicted molar refractivity (Wildman–Crippen MR) is 55.1 cm³/mol. The molecule has 1 heterocycles. The van der Waals surface area contributed by atoms with E-state index < -0.39 is 0 Å². The summed E-state index contributed by atoms with van der Waals surface area (Å²) >= 11 is 0. The molecule has 1 rings (SSSR count). The largest absolute Gasteiger partial charge is 0.383 e. The fourth-order valence-electron chi connectivity index (χ4n) is 1.81. The van der Waals surface area contributed by atoms with Gasteiger partial charge in [0.15, 0.2) is 0 Å². The molecule has 0 radical (unpaired) electrons. The molecule has 2 unspecified atom stereocenters. The zero-order valence-electron chi connectivity index (χ0n) is 9.19. The number of piperazine rings is 1. The summed E-state index contributed by atoms with van der Waals surface area (Å²) in [5, 5.41) is 11.5. The van der Waals surface area contributed by atoms with E-state index >= 15 is 0 Å². The third kappa shape index (κ3) is 2.91. The molecule has 15 heavy (non-hydrogen) atoms. The third-order valence-electron chi connectivity index (χ3n) is 2.68. The second kappa shape index (κ2) is 5.69. The minimum Gasteiger partial charge on any atom is -0.383 e. The zero-order chi connectivity index (χ0) is 11.3. The quantitative estimate of drug-likeness (QED) is 0.695. The molecule has 5 nitrogen and oxygen atoms in total. The zero-order valence-corrected chi connectivity index (χ0v) is 9.19. The van der Waals surface area contributed by atoms with E-state index in [0.29, 0.717) is 19.7 Å². The summed E-state index contributed by atoms with van der Waals surface area (Å²) in [6.45, 7) is 3.96. The van der Waals surface area contributed by atoms with E-state index in [0.717, 1.165) is 0 Å². The van der Waals surface area contributed by atoms with Gasteiger partial charge < -0.3 is 10.1 Å². The number of methoxy groups -OCH3 is 1. The van der Waals surface area contributed by atoms with Gasteiger partial charge in [-0.2, -0.15) is 5.26 Å². The fraction of sp³-hybridized carbons (Fsp3) is 0.800. The smallest absolute Gasteiger partial charge is 0.238 e. The van der Waals surface area contributed by atoms with E-state index in [1.165, 1.54) is 0 Å². The molecule has 0 spiro atoms. The molecule has 1 amide bonds. The molecule has 5 heteroatoms. The van der Waals surface area contributed by atoms with Gasteiger partial charge in [-0.1, -0.05) is 0 Å². The van der Waals surface area contributed by atoms with Gasteiger partial charge in [0.2, 0.25) is 5.91 Å². The summed E-state index contributed by atoms with van der Waals surface area (Å²) in [5.41, 5.74) is 0. The van der Waals surface area contributed by atoms with Crippen LogP contribution in [0, 0.1) is 11.3 Å². The van der Waals surface area contributed by atoms with Gasteiger partial charge in [-0.15, -0.1) is 0 Å². The molecule has 0 bridgehead atoms. The first kappa shape index (κ1) is 12.0. The van der Waals surface area contributed by atoms with E-state index in [-0.39, 0.29) is 24.4 Å². The second-order valence-electron chi connectivity index (χ2n) is 3.70. The number of nitrogens with one attached hydrogen (secondary N) is 1. The summed E-state index contributed by atoms with van der Waals surface area (Å²) in [7, 11) is 1.63. The topological polar surface area (TPSA) is 65.4 Å². The molecule has 0 aromatic rings. The van der Waals surface area contributed by atoms with Crippen LogP contribution in [0.5, 0.6) is 0 Å². The molecule has 0 aromatic heterocycles. The van der Waals surface area contributed by atoms with E-state index in [2.05, 4.69) is 11.4 Å². The molecule has 84 valence electrons. The van der Waals surface area contributed by atoms with Crippen LogP contribution in [0.1, 0.15) is 13.3 Å². The van der Waals surface area contributed by atoms with Crippen LogP contribution in [0.25, 0.3) is 0 Å². The Bertz CT molecular complexity index is 262. The fourth-order valence-corrected chi connectivity index (χ4v) is 1.81. The number of carbonyl (C=O) groups excluding carboxylic acids is 1. The lowest BCUT2D eigenvalue weighted by molar-refractivity contribution is -0.131. The molecule has 0 saturated carbocycles. The molecule has 2 atom stereocenters. The lowest BCUT2D eigenvalue weighted by Gasteiger charge is -2.38. The van der Waals surface area contributed by atoms with Crippen molar-refractivity contribution >= 4 is 5.91 Å². The van der Waals surface area contributed by atoms with Crippen molar-refractivity contribution in [2.45, 2.75) is 25.4 Å². The Morgan fingerprint density at radius 2 is 2.47 bits per heavy atom. The summed E-state index contributed by atoms with van der Waals surface area (Å²) in [6, 6.07) is 1.99. The van der Waals surface area contributed by atoms with Gasteiger partial charge in [-0.05, 0) is 6.92 Å². The molecular weight excluding hydrogens is 194 g/mol. The Morgan fingerprint density at radius 3 is 3.07 bits per heavy atom. The van der Waals surface area contributed by atoms with Crippen LogP contribution < -0.4 is 5.32 Å². The van der Waals surface area contributed by atoms with Gasteiger partial charge in [-0.3, -0.25) is 9.69 Å². The highest BCUT2D eigenvalue weighted by Gasteiger charge is 2.33. The monoisotopic (exact) mass is 211 g/mol. The van der Waals surface area contributed by atoms with Crippen LogP contribution >= 0.6 is 0 Å². The van der Waals surface area contributed by atoms with Gasteiger partial charge in [0, 0.05) is 26.2 Å². The molecular formula is C10H17N3O2. The van der Waals surface area contributed by atoms with Crippen LogP contribution in [-0.2, 0) is 9.53 Å². The lowest BCUT2D eigenvalue weighted by Crippen LogP contribution is -2.60. The van der Waals surface area contributed by atoms with E-state index in [9.17, 15) is 4.79 Å². The molecule has 1 aliphatic heterocycles. The van der Waals surface area contributed by atoms with Gasteiger partial charge >= 0.3 is 0 Å². The van der Waals surface area contributed by atoms with Crippen molar-refractivity contribution in [3.63, 3.8) is 0 Å². The maximum absolute atomic E-state index is 11.6. The van der Waals surface area contributed by atoms with Crippen molar-refractivity contribution in [1.29, 1.82) is 5.26 Å². The van der Waals surface area contributed by atoms with Gasteiger partial charge in [-0.25, -0.2) is 0 Å². The number of hydrogen-bond acceptors (Lipinski definition) is 4. The van der Waals surface area contributed by atoms with Crippen LogP contribution in [0.15, 0.2) is 0 Å². The minimum atomic E-state index is -0.325. The highest BCUT2D eigenvalue weighted by Crippen LogP contribution is 2.13. The first-order valence-corrected chi connectivity index (χ1v) is 5.10. The van der Waals surface area contributed by atoms with Crippen LogP contribution in [0.3, 0.4) is 0 Å². The molecule has 1 fully saturated rings. The van der Waals surface area contributed by atoms with E-state index in [1.807, 2.05) is 11.8 Å². The summed E-state index contributed by atoms with van der Waals surface area (Å²) in [5.74, 6) is -0.0502. The number of amides is 1. The average molecular weight is 211 g/mol. The number of nitrogens with zero attached hydrogens (tertiary/aromatic N) is 2. The Balaban J connectivity index is 2.65. The SMILES string of the molecule is COCCN1C(C)CNC(=O)C1CC#N. The summed E-state index contributed by atoms with van der Waals surface area (Å²) in [6.07, 6.45) is 0.236. The Kier molecular flexibility index (Phi) is 4.53. The van der Waals surface area contributed by atoms with Gasteiger partial charge in [0.1, 0.15) is 6.04 Å². The first-order valence-electron chi connectivity index (χ1n) is 5.10. The number of nitriles is 1. The van der Waals surface area contributed by atoms with Crippen molar-refractivity contribution in [2.75, 3.05) is 26.8 Å². The van der Waals surface area contributed by atoms with Gasteiger partial charge in [0.25, 0.3) is 0 Å². The maximum Gasteiger partial charge on any atom is 0.238 e. The predicted octanol–water partition coefficient (Wildman–Crippen LogP) is -0.265. The van der Waals surface area contributed by atoms with Crippen LogP contribution in [-0.4, -0.2) is 49.7 Å². The van der Waals surface area contributed by atoms with Crippen LogP contribution in [0.2, 0.25) is 0 Å².